The summed E-state index contributed by atoms with van der Waals surface area (Å²) < 4.78 is 13.0. The van der Waals surface area contributed by atoms with E-state index in [0.29, 0.717) is 0 Å². The van der Waals surface area contributed by atoms with Crippen LogP contribution in [0.3, 0.4) is 0 Å². The van der Waals surface area contributed by atoms with E-state index in [0.717, 1.165) is 32.6 Å². The Balaban J connectivity index is 1.91. The van der Waals surface area contributed by atoms with Gasteiger partial charge in [0.05, 0.1) is 3.55 Å². The fourth-order valence-corrected chi connectivity index (χ4v) is 2.89. The molecule has 0 saturated carbocycles. The van der Waals surface area contributed by atoms with Gasteiger partial charge in [-0.25, -0.2) is 4.39 Å². The van der Waals surface area contributed by atoms with Gasteiger partial charge in [-0.3, -0.25) is 4.90 Å². The molecule has 94 valence electrons. The van der Waals surface area contributed by atoms with E-state index in [1.54, 1.807) is 0 Å². The highest BCUT2D eigenvalue weighted by molar-refractivity contribution is 14.1. The fourth-order valence-electron chi connectivity index (χ4n) is 2.14. The van der Waals surface area contributed by atoms with Gasteiger partial charge < -0.3 is 5.32 Å². The van der Waals surface area contributed by atoms with E-state index in [-0.39, 0.29) is 9.36 Å². The van der Waals surface area contributed by atoms with Crippen LogP contribution in [-0.4, -0.2) is 34.6 Å². The smallest absolute Gasteiger partial charge is 0.123 e. The minimum atomic E-state index is -0.158. The number of nitrogens with one attached hydrogen (secondary N) is 1. The molecule has 1 aromatic carbocycles. The number of nitrogens with zero attached hydrogens (tertiary/aromatic N) is 1. The van der Waals surface area contributed by atoms with Gasteiger partial charge in [-0.05, 0) is 31.0 Å². The SMILES string of the molecule is CC1(I)CNCCN1CCc1ccc(F)cc1. The van der Waals surface area contributed by atoms with Gasteiger partial charge in [-0.2, -0.15) is 0 Å². The van der Waals surface area contributed by atoms with Crippen LogP contribution >= 0.6 is 22.6 Å². The van der Waals surface area contributed by atoms with Crippen LogP contribution < -0.4 is 5.32 Å². The highest BCUT2D eigenvalue weighted by Crippen LogP contribution is 2.24. The Bertz CT molecular complexity index is 364. The van der Waals surface area contributed by atoms with Gasteiger partial charge in [0.1, 0.15) is 5.82 Å². The van der Waals surface area contributed by atoms with Gasteiger partial charge in [0.25, 0.3) is 0 Å². The molecule has 1 saturated heterocycles. The first-order chi connectivity index (χ1) is 8.08. The zero-order valence-electron chi connectivity index (χ0n) is 10.0. The third kappa shape index (κ3) is 3.63. The Kier molecular flexibility index (Phi) is 4.38. The van der Waals surface area contributed by atoms with Crippen molar-refractivity contribution >= 4 is 22.6 Å². The van der Waals surface area contributed by atoms with Crippen molar-refractivity contribution in [1.29, 1.82) is 0 Å². The number of alkyl halides is 1. The van der Waals surface area contributed by atoms with Crippen LogP contribution in [0.15, 0.2) is 24.3 Å². The van der Waals surface area contributed by atoms with Crippen molar-refractivity contribution in [3.05, 3.63) is 35.6 Å². The topological polar surface area (TPSA) is 15.3 Å². The minimum absolute atomic E-state index is 0.158. The minimum Gasteiger partial charge on any atom is -0.313 e. The largest absolute Gasteiger partial charge is 0.313 e. The van der Waals surface area contributed by atoms with Crippen molar-refractivity contribution in [1.82, 2.24) is 10.2 Å². The van der Waals surface area contributed by atoms with Gasteiger partial charge in [-0.15, -0.1) is 0 Å². The second-order valence-corrected chi connectivity index (χ2v) is 7.01. The quantitative estimate of drug-likeness (QED) is 0.513. The molecule has 0 bridgehead atoms. The monoisotopic (exact) mass is 348 g/mol. The molecule has 1 aliphatic heterocycles. The molecule has 2 rings (SSSR count). The second-order valence-electron chi connectivity index (χ2n) is 4.68. The molecule has 1 N–H and O–H groups in total. The number of benzene rings is 1. The molecular weight excluding hydrogens is 330 g/mol. The second kappa shape index (κ2) is 5.63. The van der Waals surface area contributed by atoms with Crippen LogP contribution in [0.1, 0.15) is 12.5 Å². The molecule has 0 amide bonds. The van der Waals surface area contributed by atoms with Crippen molar-refractivity contribution in [2.75, 3.05) is 26.2 Å². The Morgan fingerprint density at radius 3 is 2.76 bits per heavy atom. The van der Waals surface area contributed by atoms with E-state index in [1.807, 2.05) is 12.1 Å². The lowest BCUT2D eigenvalue weighted by Crippen LogP contribution is -2.56. The molecule has 1 aromatic rings. The summed E-state index contributed by atoms with van der Waals surface area (Å²) >= 11 is 2.50. The van der Waals surface area contributed by atoms with Crippen LogP contribution in [-0.2, 0) is 6.42 Å². The van der Waals surface area contributed by atoms with Gasteiger partial charge in [0, 0.05) is 26.2 Å². The first-order valence-electron chi connectivity index (χ1n) is 5.97. The maximum absolute atomic E-state index is 12.8. The van der Waals surface area contributed by atoms with E-state index < -0.39 is 0 Å². The predicted octanol–water partition coefficient (Wildman–Crippen LogP) is 2.42. The third-order valence-electron chi connectivity index (χ3n) is 3.25. The lowest BCUT2D eigenvalue weighted by Gasteiger charge is -2.41. The van der Waals surface area contributed by atoms with Crippen molar-refractivity contribution < 1.29 is 4.39 Å². The summed E-state index contributed by atoms with van der Waals surface area (Å²) in [7, 11) is 0. The summed E-state index contributed by atoms with van der Waals surface area (Å²) in [4.78, 5) is 2.49. The van der Waals surface area contributed by atoms with Crippen LogP contribution in [0.2, 0.25) is 0 Å². The molecule has 2 nitrogen and oxygen atoms in total. The highest BCUT2D eigenvalue weighted by Gasteiger charge is 2.30. The fraction of sp³-hybridized carbons (Fsp3) is 0.538. The first kappa shape index (κ1) is 13.2. The summed E-state index contributed by atoms with van der Waals surface area (Å²) in [5, 5.41) is 3.41. The summed E-state index contributed by atoms with van der Waals surface area (Å²) in [6.07, 6.45) is 0.985. The van der Waals surface area contributed by atoms with Crippen molar-refractivity contribution in [3.8, 4) is 0 Å². The van der Waals surface area contributed by atoms with E-state index in [4.69, 9.17) is 0 Å². The van der Waals surface area contributed by atoms with Crippen LogP contribution in [0.4, 0.5) is 4.39 Å². The average molecular weight is 348 g/mol. The maximum atomic E-state index is 12.8. The molecule has 0 radical (unpaired) electrons. The average Bonchev–Trinajstić information content (AvgIpc) is 2.29. The molecule has 1 atom stereocenters. The molecule has 0 aromatic heterocycles. The summed E-state index contributed by atoms with van der Waals surface area (Å²) in [5.74, 6) is -0.158. The molecule has 0 aliphatic carbocycles. The molecule has 0 spiro atoms. The van der Waals surface area contributed by atoms with E-state index in [2.05, 4.69) is 39.7 Å². The standard InChI is InChI=1S/C13H18FIN2/c1-13(15)10-16-7-9-17(13)8-6-11-2-4-12(14)5-3-11/h2-5,16H,6-10H2,1H3. The molecule has 1 heterocycles. The Morgan fingerprint density at radius 2 is 2.12 bits per heavy atom. The number of piperazine rings is 1. The van der Waals surface area contributed by atoms with E-state index >= 15 is 0 Å². The van der Waals surface area contributed by atoms with Gasteiger partial charge in [0.2, 0.25) is 0 Å². The van der Waals surface area contributed by atoms with E-state index in [1.165, 1.54) is 17.7 Å². The van der Waals surface area contributed by atoms with Crippen LogP contribution in [0, 0.1) is 5.82 Å². The number of hydrogen-bond donors (Lipinski definition) is 1. The first-order valence-corrected chi connectivity index (χ1v) is 7.05. The predicted molar refractivity (Wildman–Crippen MR) is 77.0 cm³/mol. The number of rotatable bonds is 3. The lowest BCUT2D eigenvalue weighted by atomic mass is 10.1. The Hall–Kier alpha value is -0.200. The van der Waals surface area contributed by atoms with Crippen LogP contribution in [0.25, 0.3) is 0 Å². The lowest BCUT2D eigenvalue weighted by molar-refractivity contribution is 0.163. The summed E-state index contributed by atoms with van der Waals surface area (Å²) in [5.41, 5.74) is 1.21. The van der Waals surface area contributed by atoms with Crippen molar-refractivity contribution in [3.63, 3.8) is 0 Å². The highest BCUT2D eigenvalue weighted by atomic mass is 127. The maximum Gasteiger partial charge on any atom is 0.123 e. The molecule has 1 aliphatic rings. The normalized spacial score (nSPS) is 26.1. The zero-order chi connectivity index (χ0) is 12.3. The van der Waals surface area contributed by atoms with Gasteiger partial charge in [0.15, 0.2) is 0 Å². The van der Waals surface area contributed by atoms with E-state index in [9.17, 15) is 4.39 Å². The number of hydrogen-bond acceptors (Lipinski definition) is 2. The van der Waals surface area contributed by atoms with Crippen molar-refractivity contribution in [2.24, 2.45) is 0 Å². The summed E-state index contributed by atoms with van der Waals surface area (Å²) in [6, 6.07) is 6.83. The zero-order valence-corrected chi connectivity index (χ0v) is 12.2. The number of halogens is 2. The van der Waals surface area contributed by atoms with Crippen molar-refractivity contribution in [2.45, 2.75) is 16.9 Å². The van der Waals surface area contributed by atoms with Gasteiger partial charge >= 0.3 is 0 Å². The van der Waals surface area contributed by atoms with Crippen LogP contribution in [0.5, 0.6) is 0 Å². The van der Waals surface area contributed by atoms with Gasteiger partial charge in [-0.1, -0.05) is 34.7 Å². The molecule has 1 unspecified atom stereocenters. The Morgan fingerprint density at radius 1 is 1.41 bits per heavy atom. The summed E-state index contributed by atoms with van der Waals surface area (Å²) in [6.45, 7) is 6.46. The molecular formula is C13H18FIN2. The molecule has 1 fully saturated rings. The molecule has 17 heavy (non-hydrogen) atoms. The third-order valence-corrected chi connectivity index (χ3v) is 4.31. The molecule has 4 heteroatoms. The Labute approximate surface area is 116 Å².